The van der Waals surface area contributed by atoms with Gasteiger partial charge in [0.1, 0.15) is 11.1 Å². The van der Waals surface area contributed by atoms with E-state index in [0.29, 0.717) is 23.7 Å². The number of carbonyl (C=O) groups excluding carboxylic acids is 1. The second kappa shape index (κ2) is 6.41. The minimum Gasteiger partial charge on any atom is -0.389 e. The van der Waals surface area contributed by atoms with Gasteiger partial charge in [0.05, 0.1) is 12.1 Å². The third-order valence-electron chi connectivity index (χ3n) is 3.94. The molecule has 3 N–H and O–H groups in total. The van der Waals surface area contributed by atoms with Crippen LogP contribution in [0.3, 0.4) is 0 Å². The normalized spacial score (nSPS) is 14.1. The number of anilines is 2. The number of hydrogen-bond donors (Lipinski definition) is 2. The van der Waals surface area contributed by atoms with E-state index in [9.17, 15) is 4.79 Å². The Kier molecular flexibility index (Phi) is 4.33. The average Bonchev–Trinajstić information content (AvgIpc) is 2.81. The number of rotatable bonds is 3. The molecule has 2 heterocycles. The van der Waals surface area contributed by atoms with Crippen LogP contribution in [0.25, 0.3) is 0 Å². The van der Waals surface area contributed by atoms with E-state index in [1.54, 1.807) is 0 Å². The molecule has 0 bridgehead atoms. The first kappa shape index (κ1) is 15.5. The van der Waals surface area contributed by atoms with E-state index in [0.717, 1.165) is 34.7 Å². The number of nitriles is 1. The van der Waals surface area contributed by atoms with E-state index in [2.05, 4.69) is 16.3 Å². The van der Waals surface area contributed by atoms with Crippen molar-refractivity contribution in [2.45, 2.75) is 19.9 Å². The van der Waals surface area contributed by atoms with Crippen molar-refractivity contribution in [2.75, 3.05) is 24.1 Å². The maximum absolute atomic E-state index is 12.2. The van der Waals surface area contributed by atoms with E-state index in [1.165, 1.54) is 11.3 Å². The molecule has 0 aliphatic carbocycles. The number of carbonyl (C=O) groups is 1. The van der Waals surface area contributed by atoms with Crippen molar-refractivity contribution in [3.05, 3.63) is 45.8 Å². The van der Waals surface area contributed by atoms with Gasteiger partial charge in [-0.1, -0.05) is 12.1 Å². The minimum absolute atomic E-state index is 0.0240. The number of benzene rings is 1. The third-order valence-corrected chi connectivity index (χ3v) is 4.99. The van der Waals surface area contributed by atoms with Gasteiger partial charge < -0.3 is 11.1 Å². The Morgan fingerprint density at radius 2 is 2.35 bits per heavy atom. The lowest BCUT2D eigenvalue weighted by molar-refractivity contribution is -0.117. The Hall–Kier alpha value is -2.36. The SMILES string of the molecule is Cc1cccc(NC(=O)CN2CCc3c(sc(N)c3C#N)C2)c1. The highest BCUT2D eigenvalue weighted by molar-refractivity contribution is 7.16. The number of nitrogens with zero attached hydrogens (tertiary/aromatic N) is 2. The number of nitrogen functional groups attached to an aromatic ring is 1. The van der Waals surface area contributed by atoms with Crippen molar-refractivity contribution in [3.63, 3.8) is 0 Å². The molecule has 6 heteroatoms. The second-order valence-corrected chi connectivity index (χ2v) is 6.87. The smallest absolute Gasteiger partial charge is 0.238 e. The molecule has 0 atom stereocenters. The number of nitrogens with two attached hydrogens (primary N) is 1. The van der Waals surface area contributed by atoms with Crippen molar-refractivity contribution >= 4 is 27.9 Å². The third kappa shape index (κ3) is 3.36. The quantitative estimate of drug-likeness (QED) is 0.908. The maximum Gasteiger partial charge on any atom is 0.238 e. The van der Waals surface area contributed by atoms with Crippen molar-refractivity contribution < 1.29 is 4.79 Å². The molecule has 0 spiro atoms. The Morgan fingerprint density at radius 3 is 3.09 bits per heavy atom. The van der Waals surface area contributed by atoms with E-state index < -0.39 is 0 Å². The highest BCUT2D eigenvalue weighted by Gasteiger charge is 2.24. The topological polar surface area (TPSA) is 82.2 Å². The predicted octanol–water partition coefficient (Wildman–Crippen LogP) is 2.51. The first-order chi connectivity index (χ1) is 11.1. The summed E-state index contributed by atoms with van der Waals surface area (Å²) in [5, 5.41) is 12.7. The molecule has 0 saturated carbocycles. The van der Waals surface area contributed by atoms with Crippen molar-refractivity contribution in [1.82, 2.24) is 4.90 Å². The fourth-order valence-corrected chi connectivity index (χ4v) is 3.97. The molecule has 0 saturated heterocycles. The van der Waals surface area contributed by atoms with Gasteiger partial charge in [-0.05, 0) is 36.6 Å². The summed E-state index contributed by atoms with van der Waals surface area (Å²) in [6, 6.07) is 9.94. The molecule has 23 heavy (non-hydrogen) atoms. The lowest BCUT2D eigenvalue weighted by Gasteiger charge is -2.26. The number of fused-ring (bicyclic) bond motifs is 1. The van der Waals surface area contributed by atoms with Gasteiger partial charge in [-0.2, -0.15) is 5.26 Å². The number of amides is 1. The first-order valence-electron chi connectivity index (χ1n) is 7.46. The van der Waals surface area contributed by atoms with Crippen LogP contribution in [0.1, 0.15) is 21.6 Å². The molecule has 5 nitrogen and oxygen atoms in total. The highest BCUT2D eigenvalue weighted by Crippen LogP contribution is 2.34. The average molecular weight is 326 g/mol. The number of nitrogens with one attached hydrogen (secondary N) is 1. The molecule has 1 aromatic carbocycles. The second-order valence-electron chi connectivity index (χ2n) is 5.73. The van der Waals surface area contributed by atoms with Crippen LogP contribution in [0.2, 0.25) is 0 Å². The molecular formula is C17H18N4OS. The molecule has 1 aromatic heterocycles. The van der Waals surface area contributed by atoms with Gasteiger partial charge in [0.25, 0.3) is 0 Å². The number of thiophene rings is 1. The zero-order valence-electron chi connectivity index (χ0n) is 12.9. The van der Waals surface area contributed by atoms with Crippen molar-refractivity contribution in [1.29, 1.82) is 5.26 Å². The van der Waals surface area contributed by atoms with E-state index in [-0.39, 0.29) is 5.91 Å². The Bertz CT molecular complexity index is 790. The molecule has 1 aliphatic heterocycles. The van der Waals surface area contributed by atoms with Crippen LogP contribution < -0.4 is 11.1 Å². The Morgan fingerprint density at radius 1 is 1.52 bits per heavy atom. The molecule has 0 radical (unpaired) electrons. The van der Waals surface area contributed by atoms with E-state index in [1.807, 2.05) is 31.2 Å². The molecule has 118 valence electrons. The molecule has 3 rings (SSSR count). The summed E-state index contributed by atoms with van der Waals surface area (Å²) in [5.41, 5.74) is 9.51. The first-order valence-corrected chi connectivity index (χ1v) is 8.27. The summed E-state index contributed by atoms with van der Waals surface area (Å²) in [6.45, 7) is 3.77. The summed E-state index contributed by atoms with van der Waals surface area (Å²) < 4.78 is 0. The number of aryl methyl sites for hydroxylation is 1. The predicted molar refractivity (Wildman–Crippen MR) is 92.2 cm³/mol. The lowest BCUT2D eigenvalue weighted by Crippen LogP contribution is -2.36. The van der Waals surface area contributed by atoms with Crippen molar-refractivity contribution in [2.24, 2.45) is 0 Å². The Labute approximate surface area is 139 Å². The van der Waals surface area contributed by atoms with E-state index in [4.69, 9.17) is 11.0 Å². The van der Waals surface area contributed by atoms with Crippen LogP contribution in [-0.4, -0.2) is 23.9 Å². The molecular weight excluding hydrogens is 308 g/mol. The monoisotopic (exact) mass is 326 g/mol. The zero-order valence-corrected chi connectivity index (χ0v) is 13.7. The summed E-state index contributed by atoms with van der Waals surface area (Å²) >= 11 is 1.46. The van der Waals surface area contributed by atoms with Crippen LogP contribution in [0.15, 0.2) is 24.3 Å². The summed E-state index contributed by atoms with van der Waals surface area (Å²) in [6.07, 6.45) is 0.768. The van der Waals surface area contributed by atoms with Gasteiger partial charge in [0.2, 0.25) is 5.91 Å². The van der Waals surface area contributed by atoms with Crippen LogP contribution in [0.5, 0.6) is 0 Å². The van der Waals surface area contributed by atoms with E-state index >= 15 is 0 Å². The van der Waals surface area contributed by atoms with Gasteiger partial charge in [0.15, 0.2) is 0 Å². The number of hydrogen-bond acceptors (Lipinski definition) is 5. The minimum atomic E-state index is -0.0240. The van der Waals surface area contributed by atoms with Gasteiger partial charge >= 0.3 is 0 Å². The fraction of sp³-hybridized carbons (Fsp3) is 0.294. The van der Waals surface area contributed by atoms with Gasteiger partial charge in [-0.15, -0.1) is 11.3 Å². The standard InChI is InChI=1S/C17H18N4OS/c1-11-3-2-4-12(7-11)20-16(22)10-21-6-5-13-14(8-18)17(19)23-15(13)9-21/h2-4,7H,5-6,9-10,19H2,1H3,(H,20,22). The molecule has 0 unspecified atom stereocenters. The van der Waals surface area contributed by atoms with Gasteiger partial charge in [-0.3, -0.25) is 9.69 Å². The molecule has 2 aromatic rings. The van der Waals surface area contributed by atoms with Crippen LogP contribution >= 0.6 is 11.3 Å². The molecule has 1 aliphatic rings. The zero-order chi connectivity index (χ0) is 16.4. The summed E-state index contributed by atoms with van der Waals surface area (Å²) in [4.78, 5) is 15.4. The summed E-state index contributed by atoms with van der Waals surface area (Å²) in [7, 11) is 0. The fourth-order valence-electron chi connectivity index (χ4n) is 2.86. The maximum atomic E-state index is 12.2. The van der Waals surface area contributed by atoms with Crippen LogP contribution in [0, 0.1) is 18.3 Å². The van der Waals surface area contributed by atoms with Crippen LogP contribution in [-0.2, 0) is 17.8 Å². The van der Waals surface area contributed by atoms with Gasteiger partial charge in [0, 0.05) is 23.7 Å². The molecule has 0 fully saturated rings. The summed E-state index contributed by atoms with van der Waals surface area (Å²) in [5.74, 6) is -0.0240. The molecule has 1 amide bonds. The van der Waals surface area contributed by atoms with Gasteiger partial charge in [-0.25, -0.2) is 0 Å². The van der Waals surface area contributed by atoms with Crippen LogP contribution in [0.4, 0.5) is 10.7 Å². The lowest BCUT2D eigenvalue weighted by atomic mass is 10.0. The highest BCUT2D eigenvalue weighted by atomic mass is 32.1. The van der Waals surface area contributed by atoms with Crippen molar-refractivity contribution in [3.8, 4) is 6.07 Å². The Balaban J connectivity index is 1.63. The largest absolute Gasteiger partial charge is 0.389 e.